The molecule has 63 heavy (non-hydrogen) atoms. The summed E-state index contributed by atoms with van der Waals surface area (Å²) in [5.74, 6) is -0.145. The van der Waals surface area contributed by atoms with Crippen LogP contribution >= 0.6 is 0 Å². The van der Waals surface area contributed by atoms with Crippen LogP contribution in [0.15, 0.2) is 24.3 Å². The molecule has 0 radical (unpaired) electrons. The minimum absolute atomic E-state index is 0.136. The van der Waals surface area contributed by atoms with Gasteiger partial charge in [-0.15, -0.1) is 0 Å². The van der Waals surface area contributed by atoms with Crippen molar-refractivity contribution in [1.29, 1.82) is 0 Å². The number of nitrogens with one attached hydrogen (secondary N) is 1. The van der Waals surface area contributed by atoms with E-state index in [2.05, 4.69) is 43.5 Å². The molecule has 6 N–H and O–H groups in total. The van der Waals surface area contributed by atoms with Crippen LogP contribution in [0.1, 0.15) is 258 Å². The van der Waals surface area contributed by atoms with Gasteiger partial charge in [0.2, 0.25) is 5.91 Å². The first-order valence-electron chi connectivity index (χ1n) is 27.0. The summed E-state index contributed by atoms with van der Waals surface area (Å²) < 4.78 is 11.3. The first-order chi connectivity index (χ1) is 30.8. The third kappa shape index (κ3) is 34.6. The van der Waals surface area contributed by atoms with Gasteiger partial charge in [-0.3, -0.25) is 4.79 Å². The second kappa shape index (κ2) is 44.5. The highest BCUT2D eigenvalue weighted by Crippen LogP contribution is 2.23. The van der Waals surface area contributed by atoms with Gasteiger partial charge in [-0.2, -0.15) is 0 Å². The van der Waals surface area contributed by atoms with Crippen LogP contribution < -0.4 is 5.32 Å². The van der Waals surface area contributed by atoms with Gasteiger partial charge in [-0.1, -0.05) is 231 Å². The Labute approximate surface area is 388 Å². The first-order valence-corrected chi connectivity index (χ1v) is 27.0. The number of hydrogen-bond acceptors (Lipinski definition) is 8. The SMILES string of the molecule is CCCCCCCCCCC/C=C\C/C=C\CCCCCCCCCCCCCC(=O)NC(COC1OC(CO)C(O)C(O)C1O)C(O)CCCCCCCCCCCCCCC. The zero-order valence-corrected chi connectivity index (χ0v) is 41.1. The van der Waals surface area contributed by atoms with E-state index in [4.69, 9.17) is 9.47 Å². The standard InChI is InChI=1S/C54H103NO8/c1-3-5-7-9-11-13-15-17-18-19-20-21-22-23-24-25-26-27-28-29-30-32-34-36-38-40-42-44-50(58)55-47(46-62-54-53(61)52(60)51(59)49(45-56)63-54)48(57)43-41-39-37-35-33-31-16-14-12-10-8-6-4-2/h20-21,23-24,47-49,51-54,56-57,59-61H,3-19,22,25-46H2,1-2H3,(H,55,58)/b21-20-,24-23-. The molecule has 7 atom stereocenters. The molecule has 1 amide bonds. The largest absolute Gasteiger partial charge is 0.394 e. The Morgan fingerprint density at radius 1 is 0.540 bits per heavy atom. The summed E-state index contributed by atoms with van der Waals surface area (Å²) in [4.78, 5) is 13.0. The number of amides is 1. The molecule has 1 aliphatic heterocycles. The van der Waals surface area contributed by atoms with Crippen molar-refractivity contribution in [2.75, 3.05) is 13.2 Å². The minimum Gasteiger partial charge on any atom is -0.394 e. The van der Waals surface area contributed by atoms with E-state index >= 15 is 0 Å². The van der Waals surface area contributed by atoms with Gasteiger partial charge in [0.05, 0.1) is 25.4 Å². The van der Waals surface area contributed by atoms with Gasteiger partial charge < -0.3 is 40.3 Å². The van der Waals surface area contributed by atoms with Gasteiger partial charge in [0.1, 0.15) is 24.4 Å². The van der Waals surface area contributed by atoms with Crippen molar-refractivity contribution in [1.82, 2.24) is 5.32 Å². The van der Waals surface area contributed by atoms with E-state index in [-0.39, 0.29) is 12.5 Å². The number of carbonyl (C=O) groups is 1. The van der Waals surface area contributed by atoms with E-state index in [1.807, 2.05) is 0 Å². The summed E-state index contributed by atoms with van der Waals surface area (Å²) in [6, 6.07) is -0.718. The maximum absolute atomic E-state index is 13.0. The smallest absolute Gasteiger partial charge is 0.220 e. The topological polar surface area (TPSA) is 149 Å². The van der Waals surface area contributed by atoms with E-state index in [1.54, 1.807) is 0 Å². The molecule has 1 heterocycles. The summed E-state index contributed by atoms with van der Waals surface area (Å²) in [5, 5.41) is 54.5. The number of aliphatic hydroxyl groups excluding tert-OH is 5. The van der Waals surface area contributed by atoms with Crippen molar-refractivity contribution in [3.63, 3.8) is 0 Å². The molecular weight excluding hydrogens is 791 g/mol. The van der Waals surface area contributed by atoms with Crippen molar-refractivity contribution in [3.8, 4) is 0 Å². The second-order valence-electron chi connectivity index (χ2n) is 19.0. The molecule has 0 spiro atoms. The van der Waals surface area contributed by atoms with E-state index in [0.717, 1.165) is 44.9 Å². The van der Waals surface area contributed by atoms with Crippen molar-refractivity contribution in [2.45, 2.75) is 301 Å². The van der Waals surface area contributed by atoms with Crippen LogP contribution in [0.2, 0.25) is 0 Å². The highest BCUT2D eigenvalue weighted by Gasteiger charge is 2.44. The van der Waals surface area contributed by atoms with Crippen LogP contribution in [0.25, 0.3) is 0 Å². The van der Waals surface area contributed by atoms with Crippen LogP contribution in [0.4, 0.5) is 0 Å². The molecule has 0 saturated carbocycles. The number of hydrogen-bond donors (Lipinski definition) is 6. The predicted octanol–water partition coefficient (Wildman–Crippen LogP) is 12.6. The number of carbonyl (C=O) groups excluding carboxylic acids is 1. The molecule has 0 aliphatic carbocycles. The fraction of sp³-hybridized carbons (Fsp3) is 0.907. The number of allylic oxidation sites excluding steroid dienone is 4. The Kier molecular flexibility index (Phi) is 42.2. The van der Waals surface area contributed by atoms with E-state index < -0.39 is 49.5 Å². The van der Waals surface area contributed by atoms with Gasteiger partial charge in [-0.25, -0.2) is 0 Å². The quantitative estimate of drug-likeness (QED) is 0.0261. The molecule has 1 rings (SSSR count). The van der Waals surface area contributed by atoms with Crippen molar-refractivity contribution in [2.24, 2.45) is 0 Å². The molecule has 9 heteroatoms. The Hall–Kier alpha value is -1.33. The summed E-state index contributed by atoms with van der Waals surface area (Å²) in [5.41, 5.74) is 0. The molecule has 1 fully saturated rings. The Bertz CT molecular complexity index is 1040. The number of rotatable bonds is 46. The summed E-state index contributed by atoms with van der Waals surface area (Å²) in [7, 11) is 0. The fourth-order valence-electron chi connectivity index (χ4n) is 8.72. The molecule has 9 nitrogen and oxygen atoms in total. The van der Waals surface area contributed by atoms with Gasteiger partial charge in [0.25, 0.3) is 0 Å². The average molecular weight is 894 g/mol. The molecule has 0 aromatic carbocycles. The normalized spacial score (nSPS) is 20.3. The van der Waals surface area contributed by atoms with Gasteiger partial charge in [-0.05, 0) is 44.9 Å². The zero-order valence-electron chi connectivity index (χ0n) is 41.1. The minimum atomic E-state index is -1.55. The van der Waals surface area contributed by atoms with Crippen molar-refractivity contribution in [3.05, 3.63) is 24.3 Å². The van der Waals surface area contributed by atoms with E-state index in [1.165, 1.54) is 186 Å². The van der Waals surface area contributed by atoms with Gasteiger partial charge >= 0.3 is 0 Å². The lowest BCUT2D eigenvalue weighted by atomic mass is 9.99. The first kappa shape index (κ1) is 59.7. The molecule has 0 aromatic rings. The third-order valence-electron chi connectivity index (χ3n) is 13.1. The van der Waals surface area contributed by atoms with Crippen molar-refractivity contribution < 1.29 is 39.8 Å². The lowest BCUT2D eigenvalue weighted by molar-refractivity contribution is -0.302. The highest BCUT2D eigenvalue weighted by molar-refractivity contribution is 5.76. The maximum atomic E-state index is 13.0. The summed E-state index contributed by atoms with van der Waals surface area (Å²) in [6.45, 7) is 3.85. The lowest BCUT2D eigenvalue weighted by Crippen LogP contribution is -2.60. The van der Waals surface area contributed by atoms with Gasteiger partial charge in [0.15, 0.2) is 6.29 Å². The molecule has 0 bridgehead atoms. The van der Waals surface area contributed by atoms with Crippen LogP contribution in [-0.4, -0.2) is 87.5 Å². The predicted molar refractivity (Wildman–Crippen MR) is 263 cm³/mol. The number of unbranched alkanes of at least 4 members (excludes halogenated alkanes) is 32. The Balaban J connectivity index is 2.18. The molecule has 1 saturated heterocycles. The summed E-state index contributed by atoms with van der Waals surface area (Å²) in [6.07, 6.45) is 47.7. The van der Waals surface area contributed by atoms with Gasteiger partial charge in [0, 0.05) is 6.42 Å². The number of ether oxygens (including phenoxy) is 2. The maximum Gasteiger partial charge on any atom is 0.220 e. The Morgan fingerprint density at radius 3 is 1.37 bits per heavy atom. The van der Waals surface area contributed by atoms with E-state index in [9.17, 15) is 30.3 Å². The molecule has 372 valence electrons. The fourth-order valence-corrected chi connectivity index (χ4v) is 8.72. The van der Waals surface area contributed by atoms with Crippen LogP contribution in [-0.2, 0) is 14.3 Å². The number of aliphatic hydroxyl groups is 5. The van der Waals surface area contributed by atoms with Crippen molar-refractivity contribution >= 4 is 5.91 Å². The Morgan fingerprint density at radius 2 is 0.937 bits per heavy atom. The summed E-state index contributed by atoms with van der Waals surface area (Å²) >= 11 is 0. The van der Waals surface area contributed by atoms with Crippen LogP contribution in [0.3, 0.4) is 0 Å². The molecule has 7 unspecified atom stereocenters. The molecule has 0 aromatic heterocycles. The molecule has 1 aliphatic rings. The lowest BCUT2D eigenvalue weighted by Gasteiger charge is -2.40. The monoisotopic (exact) mass is 894 g/mol. The van der Waals surface area contributed by atoms with Crippen LogP contribution in [0, 0.1) is 0 Å². The third-order valence-corrected chi connectivity index (χ3v) is 13.1. The average Bonchev–Trinajstić information content (AvgIpc) is 3.28. The highest BCUT2D eigenvalue weighted by atomic mass is 16.7. The zero-order chi connectivity index (χ0) is 45.9. The van der Waals surface area contributed by atoms with E-state index in [0.29, 0.717) is 12.8 Å². The van der Waals surface area contributed by atoms with Crippen LogP contribution in [0.5, 0.6) is 0 Å². The second-order valence-corrected chi connectivity index (χ2v) is 19.0. The molecular formula is C54H103NO8.